The van der Waals surface area contributed by atoms with Crippen LogP contribution in [0.1, 0.15) is 51.4 Å². The summed E-state index contributed by atoms with van der Waals surface area (Å²) in [7, 11) is 1.68. The maximum absolute atomic E-state index is 11.9. The van der Waals surface area contributed by atoms with Crippen LogP contribution in [0.5, 0.6) is 17.2 Å². The lowest BCUT2D eigenvalue weighted by Gasteiger charge is -2.25. The zero-order chi connectivity index (χ0) is 39.1. The van der Waals surface area contributed by atoms with E-state index in [2.05, 4.69) is 89.1 Å². The van der Waals surface area contributed by atoms with Crippen LogP contribution in [0.15, 0.2) is 90.2 Å². The second-order valence-electron chi connectivity index (χ2n) is 13.8. The number of methoxy groups -OCH3 is 1. The van der Waals surface area contributed by atoms with E-state index in [1.807, 2.05) is 19.1 Å². The topological polar surface area (TPSA) is 158 Å². The Morgan fingerprint density at radius 3 is 2.35 bits per heavy atom. The normalized spacial score (nSPS) is 13.3. The molecule has 2 heterocycles. The van der Waals surface area contributed by atoms with Crippen LogP contribution in [0.3, 0.4) is 0 Å². The number of ether oxygens (including phenoxy) is 3. The van der Waals surface area contributed by atoms with Crippen molar-refractivity contribution in [1.29, 1.82) is 5.26 Å². The standard InChI is InChI=1S/C44H45N5O6/c1-27-16-34(23-49-44(4,26-50)43(51)52)40(54-24-31-17-30(20-45)21-46-22-31)19-39(27)55-25-33-8-6-10-36(28(33)2)37-11-7-9-35(29(37)3)32-12-13-38(41(18-32)53-5)42-47-14-15-48-42/h6-13,16-19,21-22,49-50H,14-15,23-26H2,1-5H3,(H,47,48)(H,51,52)/t44-/m0/s1. The van der Waals surface area contributed by atoms with E-state index in [-0.39, 0.29) is 13.2 Å². The molecule has 0 spiro atoms. The summed E-state index contributed by atoms with van der Waals surface area (Å²) < 4.78 is 18.5. The molecule has 55 heavy (non-hydrogen) atoms. The lowest BCUT2D eigenvalue weighted by molar-refractivity contribution is -0.145. The summed E-state index contributed by atoms with van der Waals surface area (Å²) in [6.07, 6.45) is 3.11. The van der Waals surface area contributed by atoms with Gasteiger partial charge >= 0.3 is 5.97 Å². The summed E-state index contributed by atoms with van der Waals surface area (Å²) >= 11 is 0. The number of carboxylic acid groups (broad SMARTS) is 1. The van der Waals surface area contributed by atoms with Gasteiger partial charge in [-0.05, 0) is 96.5 Å². The highest BCUT2D eigenvalue weighted by Gasteiger charge is 2.32. The molecule has 5 aromatic rings. The highest BCUT2D eigenvalue weighted by atomic mass is 16.5. The molecule has 4 N–H and O–H groups in total. The van der Waals surface area contributed by atoms with Crippen molar-refractivity contribution in [1.82, 2.24) is 15.6 Å². The Hall–Kier alpha value is -6.22. The van der Waals surface area contributed by atoms with Crippen LogP contribution in [0.2, 0.25) is 0 Å². The highest BCUT2D eigenvalue weighted by molar-refractivity contribution is 6.02. The Kier molecular flexibility index (Phi) is 11.8. The monoisotopic (exact) mass is 739 g/mol. The smallest absolute Gasteiger partial charge is 0.326 e. The molecule has 11 nitrogen and oxygen atoms in total. The molecule has 0 amide bonds. The maximum Gasteiger partial charge on any atom is 0.326 e. The minimum Gasteiger partial charge on any atom is -0.496 e. The third-order valence-electron chi connectivity index (χ3n) is 10.0. The Bertz CT molecular complexity index is 2300. The molecular weight excluding hydrogens is 695 g/mol. The third kappa shape index (κ3) is 8.46. The van der Waals surface area contributed by atoms with Gasteiger partial charge in [-0.25, -0.2) is 0 Å². The molecule has 0 saturated heterocycles. The molecule has 4 aromatic carbocycles. The van der Waals surface area contributed by atoms with Gasteiger partial charge in [0.05, 0.1) is 31.4 Å². The lowest BCUT2D eigenvalue weighted by atomic mass is 9.89. The minimum absolute atomic E-state index is 0.110. The predicted octanol–water partition coefficient (Wildman–Crippen LogP) is 6.65. The van der Waals surface area contributed by atoms with Gasteiger partial charge in [-0.2, -0.15) is 5.26 Å². The largest absolute Gasteiger partial charge is 0.496 e. The fourth-order valence-corrected chi connectivity index (χ4v) is 6.60. The lowest BCUT2D eigenvalue weighted by Crippen LogP contribution is -2.52. The number of aliphatic imine (C=N–C) groups is 1. The van der Waals surface area contributed by atoms with Gasteiger partial charge < -0.3 is 29.7 Å². The summed E-state index contributed by atoms with van der Waals surface area (Å²) in [5, 5.41) is 35.1. The number of benzene rings is 4. The highest BCUT2D eigenvalue weighted by Crippen LogP contribution is 2.37. The van der Waals surface area contributed by atoms with Crippen molar-refractivity contribution in [2.24, 2.45) is 4.99 Å². The van der Waals surface area contributed by atoms with Gasteiger partial charge in [0.25, 0.3) is 0 Å². The van der Waals surface area contributed by atoms with Crippen molar-refractivity contribution in [3.05, 3.63) is 130 Å². The van der Waals surface area contributed by atoms with Gasteiger partial charge in [0.2, 0.25) is 0 Å². The maximum atomic E-state index is 11.9. The molecule has 0 bridgehead atoms. The number of aryl methyl sites for hydroxylation is 1. The van der Waals surface area contributed by atoms with E-state index < -0.39 is 18.1 Å². The molecule has 282 valence electrons. The molecule has 0 aliphatic carbocycles. The number of carbonyl (C=O) groups is 1. The SMILES string of the molecule is COc1cc(-c2cccc(-c3cccc(COc4cc(OCc5cncc(C#N)c5)c(CN[C@@](C)(CO)C(=O)O)cc4C)c3C)c2C)ccc1C1=NCCN1. The van der Waals surface area contributed by atoms with Crippen molar-refractivity contribution in [2.45, 2.75) is 53.0 Å². The summed E-state index contributed by atoms with van der Waals surface area (Å²) in [6.45, 7) is 9.10. The van der Waals surface area contributed by atoms with Crippen LogP contribution in [0.25, 0.3) is 22.3 Å². The fourth-order valence-electron chi connectivity index (χ4n) is 6.60. The second kappa shape index (κ2) is 16.8. The van der Waals surface area contributed by atoms with Crippen LogP contribution in [0.4, 0.5) is 0 Å². The number of hydrogen-bond acceptors (Lipinski definition) is 10. The third-order valence-corrected chi connectivity index (χ3v) is 10.0. The van der Waals surface area contributed by atoms with Crippen molar-refractivity contribution in [3.8, 4) is 45.6 Å². The number of aliphatic hydroxyl groups excluding tert-OH is 1. The van der Waals surface area contributed by atoms with Gasteiger partial charge in [0, 0.05) is 42.7 Å². The van der Waals surface area contributed by atoms with Crippen LogP contribution in [-0.4, -0.2) is 59.3 Å². The average molecular weight is 740 g/mol. The average Bonchev–Trinajstić information content (AvgIpc) is 3.74. The summed E-state index contributed by atoms with van der Waals surface area (Å²) in [5.74, 6) is 1.53. The van der Waals surface area contributed by atoms with E-state index in [9.17, 15) is 20.3 Å². The Balaban J connectivity index is 1.26. The molecular formula is C44H45N5O6. The van der Waals surface area contributed by atoms with E-state index in [1.165, 1.54) is 13.1 Å². The van der Waals surface area contributed by atoms with Crippen molar-refractivity contribution in [3.63, 3.8) is 0 Å². The number of nitrogens with one attached hydrogen (secondary N) is 2. The van der Waals surface area contributed by atoms with Gasteiger partial charge in [0.1, 0.15) is 47.9 Å². The molecule has 0 saturated carbocycles. The van der Waals surface area contributed by atoms with E-state index in [0.717, 1.165) is 74.7 Å². The zero-order valence-electron chi connectivity index (χ0n) is 31.7. The van der Waals surface area contributed by atoms with Crippen LogP contribution in [-0.2, 0) is 24.6 Å². The first-order valence-electron chi connectivity index (χ1n) is 18.0. The number of aliphatic carboxylic acids is 1. The predicted molar refractivity (Wildman–Crippen MR) is 212 cm³/mol. The molecule has 0 unspecified atom stereocenters. The van der Waals surface area contributed by atoms with Crippen molar-refractivity contribution < 1.29 is 29.2 Å². The summed E-state index contributed by atoms with van der Waals surface area (Å²) in [6, 6.07) is 26.3. The Morgan fingerprint density at radius 1 is 0.891 bits per heavy atom. The van der Waals surface area contributed by atoms with Crippen LogP contribution < -0.4 is 24.8 Å². The fraction of sp³-hybridized carbons (Fsp3) is 0.273. The number of carboxylic acids is 1. The first-order valence-corrected chi connectivity index (χ1v) is 18.0. The van der Waals surface area contributed by atoms with Gasteiger partial charge in [-0.1, -0.05) is 42.5 Å². The molecule has 0 fully saturated rings. The first kappa shape index (κ1) is 38.5. The number of nitriles is 1. The molecule has 6 rings (SSSR count). The number of rotatable bonds is 15. The number of hydrogen-bond donors (Lipinski definition) is 4. The Morgan fingerprint density at radius 2 is 1.64 bits per heavy atom. The minimum atomic E-state index is -1.55. The van der Waals surface area contributed by atoms with E-state index in [4.69, 9.17) is 14.2 Å². The van der Waals surface area contributed by atoms with Gasteiger partial charge in [-0.3, -0.25) is 20.1 Å². The number of nitrogens with zero attached hydrogens (tertiary/aromatic N) is 3. The van der Waals surface area contributed by atoms with Crippen LogP contribution in [0, 0.1) is 32.1 Å². The molecule has 1 aliphatic rings. The summed E-state index contributed by atoms with van der Waals surface area (Å²) in [5.41, 5.74) is 9.68. The zero-order valence-corrected chi connectivity index (χ0v) is 31.7. The van der Waals surface area contributed by atoms with E-state index in [1.54, 1.807) is 25.4 Å². The van der Waals surface area contributed by atoms with Gasteiger partial charge in [-0.15, -0.1) is 0 Å². The number of aromatic nitrogens is 1. The number of pyridine rings is 1. The second-order valence-corrected chi connectivity index (χ2v) is 13.8. The molecule has 1 aliphatic heterocycles. The Labute approximate surface area is 321 Å². The van der Waals surface area contributed by atoms with Crippen molar-refractivity contribution in [2.75, 3.05) is 26.8 Å². The van der Waals surface area contributed by atoms with Crippen molar-refractivity contribution >= 4 is 11.8 Å². The van der Waals surface area contributed by atoms with E-state index in [0.29, 0.717) is 34.8 Å². The first-order chi connectivity index (χ1) is 26.5. The molecule has 1 atom stereocenters. The molecule has 1 aromatic heterocycles. The van der Waals surface area contributed by atoms with Gasteiger partial charge in [0.15, 0.2) is 0 Å². The molecule has 11 heteroatoms. The quantitative estimate of drug-likeness (QED) is 0.0916. The number of amidine groups is 1. The number of aliphatic hydroxyl groups is 1. The van der Waals surface area contributed by atoms with E-state index >= 15 is 0 Å². The van der Waals surface area contributed by atoms with Crippen LogP contribution >= 0.6 is 0 Å². The molecule has 0 radical (unpaired) electrons. The summed E-state index contributed by atoms with van der Waals surface area (Å²) in [4.78, 5) is 20.6.